The van der Waals surface area contributed by atoms with Gasteiger partial charge in [-0.1, -0.05) is 11.6 Å². The van der Waals surface area contributed by atoms with Gasteiger partial charge in [0.25, 0.3) is 0 Å². The van der Waals surface area contributed by atoms with E-state index in [-0.39, 0.29) is 10.7 Å². The summed E-state index contributed by atoms with van der Waals surface area (Å²) < 4.78 is 17.8. The summed E-state index contributed by atoms with van der Waals surface area (Å²) >= 11 is 7.25. The molecular formula is C7H4ClFINO2. The Labute approximate surface area is 92.4 Å². The van der Waals surface area contributed by atoms with Gasteiger partial charge in [-0.05, 0) is 28.7 Å². The highest BCUT2D eigenvalue weighted by Gasteiger charge is 2.18. The van der Waals surface area contributed by atoms with Crippen LogP contribution in [0.1, 0.15) is 10.4 Å². The van der Waals surface area contributed by atoms with Crippen LogP contribution in [-0.4, -0.2) is 18.1 Å². The highest BCUT2D eigenvalue weighted by Crippen LogP contribution is 2.19. The molecular weight excluding hydrogens is 311 g/mol. The fourth-order valence-corrected chi connectivity index (χ4v) is 1.85. The van der Waals surface area contributed by atoms with Crippen LogP contribution in [0.15, 0.2) is 6.07 Å². The summed E-state index contributed by atoms with van der Waals surface area (Å²) in [5, 5.41) is 0.00885. The summed E-state index contributed by atoms with van der Waals surface area (Å²) in [6.45, 7) is 0. The van der Waals surface area contributed by atoms with Crippen LogP contribution in [0.25, 0.3) is 0 Å². The van der Waals surface area contributed by atoms with Gasteiger partial charge in [-0.25, -0.2) is 9.78 Å². The normalized spacial score (nSPS) is 9.85. The van der Waals surface area contributed by atoms with Crippen LogP contribution in [0.5, 0.6) is 0 Å². The number of pyridine rings is 1. The number of carbonyl (C=O) groups is 1. The van der Waals surface area contributed by atoms with Gasteiger partial charge in [0.05, 0.1) is 7.11 Å². The first kappa shape index (κ1) is 10.6. The number of carbonyl (C=O) groups excluding carboxylic acids is 1. The zero-order valence-corrected chi connectivity index (χ0v) is 9.39. The molecule has 1 aromatic heterocycles. The molecule has 0 aliphatic heterocycles. The molecule has 0 spiro atoms. The second-order valence-electron chi connectivity index (χ2n) is 2.08. The third-order valence-corrected chi connectivity index (χ3v) is 2.33. The van der Waals surface area contributed by atoms with Crippen LogP contribution < -0.4 is 0 Å². The number of methoxy groups -OCH3 is 1. The van der Waals surface area contributed by atoms with Crippen LogP contribution in [0, 0.1) is 9.52 Å². The number of aromatic nitrogens is 1. The number of nitrogens with zero attached hydrogens (tertiary/aromatic N) is 1. The third-order valence-electron chi connectivity index (χ3n) is 1.29. The van der Waals surface area contributed by atoms with Crippen molar-refractivity contribution in [2.24, 2.45) is 0 Å². The van der Waals surface area contributed by atoms with Gasteiger partial charge >= 0.3 is 5.97 Å². The molecule has 0 unspecified atom stereocenters. The molecule has 0 aromatic carbocycles. The topological polar surface area (TPSA) is 39.2 Å². The molecule has 6 heteroatoms. The van der Waals surface area contributed by atoms with Gasteiger partial charge in [-0.2, -0.15) is 4.39 Å². The van der Waals surface area contributed by atoms with Gasteiger partial charge in [0, 0.05) is 3.57 Å². The summed E-state index contributed by atoms with van der Waals surface area (Å²) in [7, 11) is 1.17. The summed E-state index contributed by atoms with van der Waals surface area (Å²) in [6.07, 6.45) is 0. The van der Waals surface area contributed by atoms with E-state index >= 15 is 0 Å². The Morgan fingerprint density at radius 1 is 1.77 bits per heavy atom. The van der Waals surface area contributed by atoms with E-state index in [2.05, 4.69) is 9.72 Å². The van der Waals surface area contributed by atoms with Crippen molar-refractivity contribution in [1.82, 2.24) is 4.98 Å². The number of hydrogen-bond donors (Lipinski definition) is 0. The SMILES string of the molecule is COC(=O)c1c(I)cc(Cl)nc1F. The van der Waals surface area contributed by atoms with Gasteiger partial charge in [0.2, 0.25) is 5.95 Å². The Morgan fingerprint density at radius 2 is 2.38 bits per heavy atom. The lowest BCUT2D eigenvalue weighted by Gasteiger charge is -2.02. The lowest BCUT2D eigenvalue weighted by molar-refractivity contribution is 0.0593. The summed E-state index contributed by atoms with van der Waals surface area (Å²) in [6, 6.07) is 1.39. The minimum Gasteiger partial charge on any atom is -0.465 e. The van der Waals surface area contributed by atoms with E-state index in [1.807, 2.05) is 0 Å². The molecule has 1 aromatic rings. The third kappa shape index (κ3) is 2.28. The second kappa shape index (κ2) is 4.19. The lowest BCUT2D eigenvalue weighted by atomic mass is 10.3. The monoisotopic (exact) mass is 315 g/mol. The molecule has 0 bridgehead atoms. The van der Waals surface area contributed by atoms with E-state index in [1.54, 1.807) is 22.6 Å². The van der Waals surface area contributed by atoms with E-state index in [4.69, 9.17) is 11.6 Å². The van der Waals surface area contributed by atoms with Crippen LogP contribution in [0.4, 0.5) is 4.39 Å². The second-order valence-corrected chi connectivity index (χ2v) is 3.63. The van der Waals surface area contributed by atoms with Crippen molar-refractivity contribution in [3.8, 4) is 0 Å². The highest BCUT2D eigenvalue weighted by molar-refractivity contribution is 14.1. The Hall–Kier alpha value is -0.430. The fourth-order valence-electron chi connectivity index (χ4n) is 0.741. The van der Waals surface area contributed by atoms with E-state index in [0.29, 0.717) is 3.57 Å². The van der Waals surface area contributed by atoms with Crippen molar-refractivity contribution >= 4 is 40.2 Å². The standard InChI is InChI=1S/C7H4ClFINO2/c1-13-7(12)5-3(10)2-4(8)11-6(5)9/h2H,1H3. The molecule has 0 amide bonds. The van der Waals surface area contributed by atoms with Gasteiger partial charge in [-0.15, -0.1) is 0 Å². The lowest BCUT2D eigenvalue weighted by Crippen LogP contribution is -2.08. The first-order valence-corrected chi connectivity index (χ1v) is 4.61. The quantitative estimate of drug-likeness (QED) is 0.453. The number of hydrogen-bond acceptors (Lipinski definition) is 3. The summed E-state index contributed by atoms with van der Waals surface area (Å²) in [4.78, 5) is 14.3. The van der Waals surface area contributed by atoms with Crippen molar-refractivity contribution < 1.29 is 13.9 Å². The molecule has 0 fully saturated rings. The van der Waals surface area contributed by atoms with Crippen molar-refractivity contribution in [3.05, 3.63) is 26.3 Å². The average Bonchev–Trinajstić information content (AvgIpc) is 2.02. The summed E-state index contributed by atoms with van der Waals surface area (Å²) in [5.74, 6) is -1.67. The van der Waals surface area contributed by atoms with Crippen LogP contribution in [0.2, 0.25) is 5.15 Å². The molecule has 0 radical (unpaired) electrons. The van der Waals surface area contributed by atoms with Gasteiger partial charge in [-0.3, -0.25) is 0 Å². The van der Waals surface area contributed by atoms with Crippen molar-refractivity contribution in [2.45, 2.75) is 0 Å². The Balaban J connectivity index is 3.28. The molecule has 0 aliphatic rings. The van der Waals surface area contributed by atoms with Crippen LogP contribution in [0.3, 0.4) is 0 Å². The van der Waals surface area contributed by atoms with Crippen molar-refractivity contribution in [1.29, 1.82) is 0 Å². The minimum absolute atomic E-state index is 0.00885. The van der Waals surface area contributed by atoms with Crippen molar-refractivity contribution in [2.75, 3.05) is 7.11 Å². The van der Waals surface area contributed by atoms with Gasteiger partial charge in [0.1, 0.15) is 10.7 Å². The molecule has 0 N–H and O–H groups in total. The Morgan fingerprint density at radius 3 is 2.85 bits per heavy atom. The molecule has 0 aliphatic carbocycles. The van der Waals surface area contributed by atoms with E-state index in [0.717, 1.165) is 0 Å². The maximum atomic E-state index is 13.0. The zero-order valence-electron chi connectivity index (χ0n) is 6.47. The molecule has 0 saturated carbocycles. The Kier molecular flexibility index (Phi) is 3.43. The van der Waals surface area contributed by atoms with Gasteiger partial charge in [0.15, 0.2) is 0 Å². The number of rotatable bonds is 1. The molecule has 0 atom stereocenters. The molecule has 13 heavy (non-hydrogen) atoms. The van der Waals surface area contributed by atoms with Crippen LogP contribution >= 0.6 is 34.2 Å². The summed E-state index contributed by atoms with van der Waals surface area (Å²) in [5.41, 5.74) is -0.187. The molecule has 1 heterocycles. The van der Waals surface area contributed by atoms with E-state index in [9.17, 15) is 9.18 Å². The zero-order chi connectivity index (χ0) is 10.0. The molecule has 1 rings (SSSR count). The number of esters is 1. The highest BCUT2D eigenvalue weighted by atomic mass is 127. The van der Waals surface area contributed by atoms with E-state index in [1.165, 1.54) is 13.2 Å². The largest absolute Gasteiger partial charge is 0.465 e. The first-order chi connectivity index (χ1) is 6.06. The van der Waals surface area contributed by atoms with Gasteiger partial charge < -0.3 is 4.74 Å². The fraction of sp³-hybridized carbons (Fsp3) is 0.143. The molecule has 70 valence electrons. The minimum atomic E-state index is -0.913. The number of ether oxygens (including phenoxy) is 1. The maximum Gasteiger partial charge on any atom is 0.343 e. The predicted molar refractivity (Wildman–Crippen MR) is 53.3 cm³/mol. The van der Waals surface area contributed by atoms with Crippen LogP contribution in [-0.2, 0) is 4.74 Å². The molecule has 3 nitrogen and oxygen atoms in total. The molecule has 0 saturated heterocycles. The van der Waals surface area contributed by atoms with Crippen molar-refractivity contribution in [3.63, 3.8) is 0 Å². The Bertz CT molecular complexity index is 335. The smallest absolute Gasteiger partial charge is 0.343 e. The number of halogens is 3. The van der Waals surface area contributed by atoms with E-state index < -0.39 is 11.9 Å². The predicted octanol–water partition coefficient (Wildman–Crippen LogP) is 2.27. The maximum absolute atomic E-state index is 13.0. The first-order valence-electron chi connectivity index (χ1n) is 3.16. The average molecular weight is 315 g/mol.